The Kier molecular flexibility index (Phi) is 3.33. The summed E-state index contributed by atoms with van der Waals surface area (Å²) in [5.41, 5.74) is 6.14. The molecule has 2 aromatic rings. The van der Waals surface area contributed by atoms with Crippen LogP contribution in [0.3, 0.4) is 0 Å². The van der Waals surface area contributed by atoms with Gasteiger partial charge in [0, 0.05) is 5.56 Å². The molecule has 1 aliphatic heterocycles. The van der Waals surface area contributed by atoms with Gasteiger partial charge in [-0.3, -0.25) is 5.43 Å². The van der Waals surface area contributed by atoms with Gasteiger partial charge in [-0.1, -0.05) is 48.5 Å². The van der Waals surface area contributed by atoms with E-state index >= 15 is 0 Å². The van der Waals surface area contributed by atoms with Crippen LogP contribution in [0.4, 0.5) is 5.69 Å². The van der Waals surface area contributed by atoms with Crippen LogP contribution in [0.15, 0.2) is 76.4 Å². The summed E-state index contributed by atoms with van der Waals surface area (Å²) in [6, 6.07) is 20.1. The molecule has 1 N–H and O–H groups in total. The molecule has 3 rings (SSSR count). The van der Waals surface area contributed by atoms with Crippen LogP contribution < -0.4 is 10.5 Å². The quantitative estimate of drug-likeness (QED) is 0.857. The van der Waals surface area contributed by atoms with Crippen molar-refractivity contribution in [1.29, 1.82) is 0 Å². The highest BCUT2D eigenvalue weighted by molar-refractivity contribution is 9.11. The highest BCUT2D eigenvalue weighted by Gasteiger charge is 2.13. The zero-order valence-electron chi connectivity index (χ0n) is 10.1. The number of anilines is 1. The van der Waals surface area contributed by atoms with Gasteiger partial charge in [-0.15, -0.1) is 0 Å². The van der Waals surface area contributed by atoms with E-state index in [0.29, 0.717) is 0 Å². The third-order valence-electron chi connectivity index (χ3n) is 2.75. The molecule has 0 saturated carbocycles. The first kappa shape index (κ1) is 12.0. The van der Waals surface area contributed by atoms with E-state index < -0.39 is 0 Å². The molecule has 0 aliphatic carbocycles. The molecule has 0 fully saturated rings. The minimum Gasteiger partial charge on any atom is -0.271 e. The fourth-order valence-corrected chi connectivity index (χ4v) is 2.24. The van der Waals surface area contributed by atoms with Gasteiger partial charge in [0.25, 0.3) is 0 Å². The predicted octanol–water partition coefficient (Wildman–Crippen LogP) is 3.65. The Balaban J connectivity index is 1.98. The van der Waals surface area contributed by atoms with Crippen molar-refractivity contribution in [3.63, 3.8) is 0 Å². The van der Waals surface area contributed by atoms with Crippen molar-refractivity contribution in [3.05, 3.63) is 76.9 Å². The number of nitrogens with zero attached hydrogens (tertiary/aromatic N) is 2. The maximum atomic E-state index is 4.61. The monoisotopic (exact) mass is 313 g/mol. The van der Waals surface area contributed by atoms with Crippen LogP contribution in [0, 0.1) is 0 Å². The van der Waals surface area contributed by atoms with E-state index in [0.717, 1.165) is 21.6 Å². The fourth-order valence-electron chi connectivity index (χ4n) is 1.86. The Hall–Kier alpha value is -2.07. The number of benzene rings is 2. The molecule has 0 saturated heterocycles. The van der Waals surface area contributed by atoms with Crippen molar-refractivity contribution >= 4 is 27.3 Å². The van der Waals surface area contributed by atoms with E-state index in [4.69, 9.17) is 0 Å². The molecular weight excluding hydrogens is 302 g/mol. The number of halogens is 1. The van der Waals surface area contributed by atoms with Gasteiger partial charge in [-0.05, 0) is 34.1 Å². The van der Waals surface area contributed by atoms with Crippen molar-refractivity contribution in [1.82, 2.24) is 5.43 Å². The van der Waals surface area contributed by atoms with Crippen molar-refractivity contribution < 1.29 is 0 Å². The number of rotatable bonds is 2. The normalized spacial score (nSPS) is 14.5. The second kappa shape index (κ2) is 5.28. The van der Waals surface area contributed by atoms with E-state index in [1.807, 2.05) is 66.7 Å². The van der Waals surface area contributed by atoms with Crippen LogP contribution >= 0.6 is 15.9 Å². The van der Waals surface area contributed by atoms with Gasteiger partial charge in [0.15, 0.2) is 0 Å². The van der Waals surface area contributed by atoms with Gasteiger partial charge in [0.1, 0.15) is 4.61 Å². The van der Waals surface area contributed by atoms with E-state index in [1.54, 1.807) is 5.12 Å². The average molecular weight is 314 g/mol. The second-order valence-electron chi connectivity index (χ2n) is 4.10. The summed E-state index contributed by atoms with van der Waals surface area (Å²) in [7, 11) is 0. The van der Waals surface area contributed by atoms with Crippen LogP contribution in [0.2, 0.25) is 0 Å². The van der Waals surface area contributed by atoms with Gasteiger partial charge in [-0.2, -0.15) is 10.2 Å². The van der Waals surface area contributed by atoms with Crippen molar-refractivity contribution in [3.8, 4) is 0 Å². The molecular formula is C15H12BrN3. The van der Waals surface area contributed by atoms with Crippen LogP contribution in [0.1, 0.15) is 5.56 Å². The Morgan fingerprint density at radius 2 is 1.53 bits per heavy atom. The molecule has 0 spiro atoms. The van der Waals surface area contributed by atoms with Crippen LogP contribution in [0.5, 0.6) is 0 Å². The zero-order chi connectivity index (χ0) is 13.1. The lowest BCUT2D eigenvalue weighted by Gasteiger charge is -2.25. The van der Waals surface area contributed by atoms with Crippen molar-refractivity contribution in [2.24, 2.45) is 5.10 Å². The highest BCUT2D eigenvalue weighted by Crippen LogP contribution is 2.19. The SMILES string of the molecule is BrC1=CC(c2ccccc2)=NN(c2ccccc2)N1. The summed E-state index contributed by atoms with van der Waals surface area (Å²) >= 11 is 3.49. The van der Waals surface area contributed by atoms with E-state index in [9.17, 15) is 0 Å². The molecule has 19 heavy (non-hydrogen) atoms. The molecule has 4 heteroatoms. The van der Waals surface area contributed by atoms with Gasteiger partial charge in [0.05, 0.1) is 11.4 Å². The number of hydrogen-bond acceptors (Lipinski definition) is 3. The molecule has 0 radical (unpaired) electrons. The van der Waals surface area contributed by atoms with E-state index in [1.165, 1.54) is 0 Å². The average Bonchev–Trinajstić information content (AvgIpc) is 2.48. The molecule has 94 valence electrons. The number of nitrogens with one attached hydrogen (secondary N) is 1. The lowest BCUT2D eigenvalue weighted by molar-refractivity contribution is 0.763. The van der Waals surface area contributed by atoms with Crippen LogP contribution in [0.25, 0.3) is 0 Å². The first-order chi connectivity index (χ1) is 9.33. The molecule has 0 bridgehead atoms. The summed E-state index contributed by atoms with van der Waals surface area (Å²) in [6.45, 7) is 0. The fraction of sp³-hybridized carbons (Fsp3) is 0. The Labute approximate surface area is 120 Å². The van der Waals surface area contributed by atoms with Gasteiger partial charge >= 0.3 is 0 Å². The molecule has 0 atom stereocenters. The van der Waals surface area contributed by atoms with Crippen molar-refractivity contribution in [2.75, 3.05) is 5.12 Å². The molecule has 0 aromatic heterocycles. The van der Waals surface area contributed by atoms with E-state index in [2.05, 4.69) is 26.5 Å². The first-order valence-electron chi connectivity index (χ1n) is 5.96. The Bertz CT molecular complexity index is 620. The van der Waals surface area contributed by atoms with Gasteiger partial charge in [0.2, 0.25) is 0 Å². The smallest absolute Gasteiger partial charge is 0.101 e. The minimum atomic E-state index is 0.880. The molecule has 0 unspecified atom stereocenters. The molecule has 1 heterocycles. The summed E-state index contributed by atoms with van der Waals surface area (Å²) in [5.74, 6) is 0. The number of hydrogen-bond donors (Lipinski definition) is 1. The third-order valence-corrected chi connectivity index (χ3v) is 3.16. The summed E-state index contributed by atoms with van der Waals surface area (Å²) in [6.07, 6.45) is 1.97. The predicted molar refractivity (Wildman–Crippen MR) is 82.0 cm³/mol. The van der Waals surface area contributed by atoms with Crippen LogP contribution in [-0.2, 0) is 0 Å². The van der Waals surface area contributed by atoms with Gasteiger partial charge in [-0.25, -0.2) is 0 Å². The molecule has 0 amide bonds. The molecule has 2 aromatic carbocycles. The number of allylic oxidation sites excluding steroid dienone is 1. The first-order valence-corrected chi connectivity index (χ1v) is 6.75. The zero-order valence-corrected chi connectivity index (χ0v) is 11.7. The maximum absolute atomic E-state index is 4.61. The number of hydrazine groups is 1. The van der Waals surface area contributed by atoms with E-state index in [-0.39, 0.29) is 0 Å². The topological polar surface area (TPSA) is 27.6 Å². The summed E-state index contributed by atoms with van der Waals surface area (Å²) in [5, 5.41) is 6.36. The van der Waals surface area contributed by atoms with Gasteiger partial charge < -0.3 is 0 Å². The Morgan fingerprint density at radius 1 is 0.895 bits per heavy atom. The highest BCUT2D eigenvalue weighted by atomic mass is 79.9. The largest absolute Gasteiger partial charge is 0.271 e. The second-order valence-corrected chi connectivity index (χ2v) is 4.96. The molecule has 1 aliphatic rings. The lowest BCUT2D eigenvalue weighted by atomic mass is 10.1. The third kappa shape index (κ3) is 2.69. The van der Waals surface area contributed by atoms with Crippen LogP contribution in [-0.4, -0.2) is 5.71 Å². The number of hydrazone groups is 1. The summed E-state index contributed by atoms with van der Waals surface area (Å²) < 4.78 is 0.880. The maximum Gasteiger partial charge on any atom is 0.101 e. The van der Waals surface area contributed by atoms with Crippen molar-refractivity contribution in [2.45, 2.75) is 0 Å². The Morgan fingerprint density at radius 3 is 2.21 bits per heavy atom. The summed E-state index contributed by atoms with van der Waals surface area (Å²) in [4.78, 5) is 0. The lowest BCUT2D eigenvalue weighted by Crippen LogP contribution is -2.35. The minimum absolute atomic E-state index is 0.880. The standard InChI is InChI=1S/C15H12BrN3/c16-15-11-14(12-7-3-1-4-8-12)17-19(18-15)13-9-5-2-6-10-13/h1-11,18H. The molecule has 3 nitrogen and oxygen atoms in total. The number of para-hydroxylation sites is 1.